The van der Waals surface area contributed by atoms with E-state index in [0.717, 1.165) is 5.56 Å². The highest BCUT2D eigenvalue weighted by atomic mass is 32.1. The Morgan fingerprint density at radius 2 is 1.68 bits per heavy atom. The molecule has 0 bridgehead atoms. The molecule has 3 aromatic rings. The molecule has 1 unspecified atom stereocenters. The number of halogens is 2. The van der Waals surface area contributed by atoms with Gasteiger partial charge in [-0.2, -0.15) is 12.6 Å². The van der Waals surface area contributed by atoms with Crippen LogP contribution in [-0.4, -0.2) is 5.11 Å². The lowest BCUT2D eigenvalue weighted by molar-refractivity contribution is 0.258. The van der Waals surface area contributed by atoms with Gasteiger partial charge in [0.1, 0.15) is 29.2 Å². The van der Waals surface area contributed by atoms with Gasteiger partial charge < -0.3 is 9.84 Å². The monoisotopic (exact) mass is 396 g/mol. The standard InChI is InChI=1S/C23H18F2O2S/c1-13-17-11-16(26)7-8-20(17)27-23(15-5-3-2-4-6-15)21(13)22-18(24)9-14(12-28)10-19(22)25/h2-11,23,26,28H,12H2,1H3. The lowest BCUT2D eigenvalue weighted by Crippen LogP contribution is -2.18. The molecular formula is C23H18F2O2S. The molecule has 0 saturated carbocycles. The number of rotatable bonds is 3. The predicted octanol–water partition coefficient (Wildman–Crippen LogP) is 6.16. The summed E-state index contributed by atoms with van der Waals surface area (Å²) < 4.78 is 36.1. The zero-order valence-electron chi connectivity index (χ0n) is 15.1. The topological polar surface area (TPSA) is 29.5 Å². The number of hydrogen-bond acceptors (Lipinski definition) is 3. The van der Waals surface area contributed by atoms with Gasteiger partial charge in [0.25, 0.3) is 0 Å². The van der Waals surface area contributed by atoms with Gasteiger partial charge in [0.2, 0.25) is 0 Å². The third kappa shape index (κ3) is 3.16. The van der Waals surface area contributed by atoms with Gasteiger partial charge in [-0.25, -0.2) is 8.78 Å². The fraction of sp³-hybridized carbons (Fsp3) is 0.130. The minimum absolute atomic E-state index is 0.0607. The number of aromatic hydroxyl groups is 1. The van der Waals surface area contributed by atoms with Crippen molar-refractivity contribution in [2.45, 2.75) is 18.8 Å². The Morgan fingerprint density at radius 1 is 1.00 bits per heavy atom. The van der Waals surface area contributed by atoms with Gasteiger partial charge in [0.05, 0.1) is 5.56 Å². The van der Waals surface area contributed by atoms with E-state index in [1.807, 2.05) is 30.3 Å². The molecule has 1 aliphatic rings. The molecule has 0 saturated heterocycles. The Kier molecular flexibility index (Phi) is 4.85. The van der Waals surface area contributed by atoms with Crippen molar-refractivity contribution in [2.24, 2.45) is 0 Å². The third-order valence-corrected chi connectivity index (χ3v) is 5.30. The molecule has 3 aromatic carbocycles. The fourth-order valence-corrected chi connectivity index (χ4v) is 3.78. The van der Waals surface area contributed by atoms with E-state index in [1.54, 1.807) is 19.1 Å². The van der Waals surface area contributed by atoms with E-state index in [4.69, 9.17) is 4.74 Å². The van der Waals surface area contributed by atoms with E-state index in [9.17, 15) is 13.9 Å². The Balaban J connectivity index is 2.00. The maximum atomic E-state index is 15.0. The van der Waals surface area contributed by atoms with Crippen molar-refractivity contribution in [1.82, 2.24) is 0 Å². The average Bonchev–Trinajstić information content (AvgIpc) is 2.69. The highest BCUT2D eigenvalue weighted by molar-refractivity contribution is 7.79. The maximum absolute atomic E-state index is 15.0. The number of hydrogen-bond donors (Lipinski definition) is 2. The summed E-state index contributed by atoms with van der Waals surface area (Å²) in [6, 6.07) is 16.6. The first-order chi connectivity index (χ1) is 13.5. The van der Waals surface area contributed by atoms with Crippen LogP contribution in [0.1, 0.15) is 35.3 Å². The zero-order valence-corrected chi connectivity index (χ0v) is 16.0. The van der Waals surface area contributed by atoms with Crippen LogP contribution >= 0.6 is 12.6 Å². The second kappa shape index (κ2) is 7.32. The van der Waals surface area contributed by atoms with Crippen LogP contribution in [0.3, 0.4) is 0 Å². The zero-order chi connectivity index (χ0) is 19.8. The number of phenolic OH excluding ortho intramolecular Hbond substituents is 1. The summed E-state index contributed by atoms with van der Waals surface area (Å²) in [5.74, 6) is -0.467. The second-order valence-electron chi connectivity index (χ2n) is 6.72. The molecule has 0 fully saturated rings. The van der Waals surface area contributed by atoms with Crippen LogP contribution in [0.5, 0.6) is 11.5 Å². The predicted molar refractivity (Wildman–Crippen MR) is 109 cm³/mol. The number of allylic oxidation sites excluding steroid dienone is 1. The van der Waals surface area contributed by atoms with Gasteiger partial charge in [-0.1, -0.05) is 30.3 Å². The molecule has 5 heteroatoms. The Bertz CT molecular complexity index is 1050. The number of fused-ring (bicyclic) bond motifs is 1. The molecule has 28 heavy (non-hydrogen) atoms. The summed E-state index contributed by atoms with van der Waals surface area (Å²) in [4.78, 5) is 0. The van der Waals surface area contributed by atoms with E-state index in [1.165, 1.54) is 18.2 Å². The van der Waals surface area contributed by atoms with Crippen LogP contribution in [0.25, 0.3) is 11.1 Å². The van der Waals surface area contributed by atoms with Crippen molar-refractivity contribution in [1.29, 1.82) is 0 Å². The molecule has 0 aliphatic carbocycles. The minimum Gasteiger partial charge on any atom is -0.508 e. The molecule has 1 heterocycles. The van der Waals surface area contributed by atoms with Crippen molar-refractivity contribution >= 4 is 23.8 Å². The quantitative estimate of drug-likeness (QED) is 0.519. The van der Waals surface area contributed by atoms with Gasteiger partial charge in [-0.05, 0) is 54.0 Å². The average molecular weight is 396 g/mol. The van der Waals surface area contributed by atoms with Crippen molar-refractivity contribution in [3.05, 3.63) is 94.6 Å². The smallest absolute Gasteiger partial charge is 0.150 e. The summed E-state index contributed by atoms with van der Waals surface area (Å²) in [7, 11) is 0. The van der Waals surface area contributed by atoms with Gasteiger partial charge in [-0.3, -0.25) is 0 Å². The summed E-state index contributed by atoms with van der Waals surface area (Å²) in [6.45, 7) is 1.79. The number of phenols is 1. The van der Waals surface area contributed by atoms with Crippen LogP contribution in [0, 0.1) is 11.6 Å². The van der Waals surface area contributed by atoms with E-state index in [2.05, 4.69) is 12.6 Å². The summed E-state index contributed by atoms with van der Waals surface area (Å²) in [5.41, 5.74) is 2.80. The summed E-state index contributed by atoms with van der Waals surface area (Å²) in [6.07, 6.45) is -0.677. The molecule has 1 atom stereocenters. The lowest BCUT2D eigenvalue weighted by atomic mass is 9.85. The van der Waals surface area contributed by atoms with Crippen LogP contribution < -0.4 is 4.74 Å². The maximum Gasteiger partial charge on any atom is 0.150 e. The first-order valence-electron chi connectivity index (χ1n) is 8.84. The summed E-state index contributed by atoms with van der Waals surface area (Å²) in [5, 5.41) is 9.89. The Morgan fingerprint density at radius 3 is 2.32 bits per heavy atom. The Hall–Kier alpha value is -2.79. The lowest BCUT2D eigenvalue weighted by Gasteiger charge is -2.31. The van der Waals surface area contributed by atoms with E-state index in [-0.39, 0.29) is 17.1 Å². The highest BCUT2D eigenvalue weighted by Crippen LogP contribution is 2.48. The fourth-order valence-electron chi connectivity index (χ4n) is 3.60. The molecule has 1 aliphatic heterocycles. The van der Waals surface area contributed by atoms with Crippen molar-refractivity contribution in [3.63, 3.8) is 0 Å². The van der Waals surface area contributed by atoms with Crippen molar-refractivity contribution < 1.29 is 18.6 Å². The molecule has 0 aromatic heterocycles. The molecule has 1 N–H and O–H groups in total. The van der Waals surface area contributed by atoms with Crippen molar-refractivity contribution in [2.75, 3.05) is 0 Å². The highest BCUT2D eigenvalue weighted by Gasteiger charge is 2.32. The first-order valence-corrected chi connectivity index (χ1v) is 9.47. The number of thiol groups is 1. The van der Waals surface area contributed by atoms with E-state index >= 15 is 0 Å². The molecular weight excluding hydrogens is 378 g/mol. The molecule has 0 spiro atoms. The van der Waals surface area contributed by atoms with Crippen LogP contribution in [0.4, 0.5) is 8.78 Å². The second-order valence-corrected chi connectivity index (χ2v) is 7.04. The Labute approximate surface area is 167 Å². The largest absolute Gasteiger partial charge is 0.508 e. The van der Waals surface area contributed by atoms with E-state index < -0.39 is 17.7 Å². The third-order valence-electron chi connectivity index (χ3n) is 4.93. The van der Waals surface area contributed by atoms with Gasteiger partial charge >= 0.3 is 0 Å². The molecule has 4 rings (SSSR count). The number of benzene rings is 3. The van der Waals surface area contributed by atoms with Gasteiger partial charge in [0.15, 0.2) is 0 Å². The number of ether oxygens (including phenoxy) is 1. The molecule has 2 nitrogen and oxygen atoms in total. The minimum atomic E-state index is -0.677. The van der Waals surface area contributed by atoms with Crippen LogP contribution in [0.2, 0.25) is 0 Å². The SMILES string of the molecule is CC1=C(c2c(F)cc(CS)cc2F)C(c2ccccc2)Oc2ccc(O)cc21. The van der Waals surface area contributed by atoms with E-state index in [0.29, 0.717) is 28.0 Å². The first kappa shape index (κ1) is 18.6. The van der Waals surface area contributed by atoms with Crippen molar-refractivity contribution in [3.8, 4) is 11.5 Å². The molecule has 142 valence electrons. The van der Waals surface area contributed by atoms with Gasteiger partial charge in [-0.15, -0.1) is 0 Å². The molecule has 0 radical (unpaired) electrons. The summed E-state index contributed by atoms with van der Waals surface area (Å²) >= 11 is 4.11. The normalized spacial score (nSPS) is 15.9. The van der Waals surface area contributed by atoms with Crippen LogP contribution in [0.15, 0.2) is 60.7 Å². The van der Waals surface area contributed by atoms with Crippen LogP contribution in [-0.2, 0) is 5.75 Å². The molecule has 0 amide bonds. The van der Waals surface area contributed by atoms with Gasteiger partial charge in [0, 0.05) is 16.9 Å².